The Hall–Kier alpha value is -0.120. The molecule has 1 atom stereocenters. The summed E-state index contributed by atoms with van der Waals surface area (Å²) in [6, 6.07) is 0. The molecule has 0 aromatic heterocycles. The zero-order valence-electron chi connectivity index (χ0n) is 6.51. The van der Waals surface area contributed by atoms with Gasteiger partial charge in [0.1, 0.15) is 6.23 Å². The van der Waals surface area contributed by atoms with Crippen LogP contribution < -0.4 is 5.32 Å². The van der Waals surface area contributed by atoms with E-state index in [0.717, 1.165) is 32.6 Å². The first-order valence-electron chi connectivity index (χ1n) is 3.97. The maximum absolute atomic E-state index is 9.38. The number of aliphatic hydroxyl groups is 1. The third-order valence-electron chi connectivity index (χ3n) is 1.94. The Kier molecular flexibility index (Phi) is 3.12. The molecule has 0 aromatic rings. The van der Waals surface area contributed by atoms with E-state index in [1.807, 2.05) is 6.92 Å². The molecule has 0 aromatic carbocycles. The number of hydrogen-bond acceptors (Lipinski definition) is 3. The highest BCUT2D eigenvalue weighted by Gasteiger charge is 2.15. The number of piperazine rings is 1. The molecule has 0 radical (unpaired) electrons. The van der Waals surface area contributed by atoms with E-state index in [2.05, 4.69) is 10.2 Å². The van der Waals surface area contributed by atoms with Crippen LogP contribution in [0, 0.1) is 0 Å². The van der Waals surface area contributed by atoms with Gasteiger partial charge < -0.3 is 10.4 Å². The molecule has 1 aliphatic rings. The van der Waals surface area contributed by atoms with Gasteiger partial charge in [0.15, 0.2) is 0 Å². The molecular formula is C7H16N2O. The van der Waals surface area contributed by atoms with E-state index in [4.69, 9.17) is 0 Å². The highest BCUT2D eigenvalue weighted by atomic mass is 16.3. The molecule has 10 heavy (non-hydrogen) atoms. The van der Waals surface area contributed by atoms with Gasteiger partial charge in [0, 0.05) is 26.2 Å². The van der Waals surface area contributed by atoms with Crippen molar-refractivity contribution in [3.63, 3.8) is 0 Å². The van der Waals surface area contributed by atoms with Crippen LogP contribution in [0.3, 0.4) is 0 Å². The Morgan fingerprint density at radius 1 is 1.50 bits per heavy atom. The number of nitrogens with one attached hydrogen (secondary N) is 1. The average molecular weight is 144 g/mol. The molecule has 1 saturated heterocycles. The summed E-state index contributed by atoms with van der Waals surface area (Å²) in [6.07, 6.45) is 0.613. The third-order valence-corrected chi connectivity index (χ3v) is 1.94. The third kappa shape index (κ3) is 1.94. The lowest BCUT2D eigenvalue weighted by Crippen LogP contribution is -2.48. The first-order chi connectivity index (χ1) is 4.84. The molecule has 3 heteroatoms. The van der Waals surface area contributed by atoms with E-state index >= 15 is 0 Å². The monoisotopic (exact) mass is 144 g/mol. The van der Waals surface area contributed by atoms with Crippen LogP contribution in [0.5, 0.6) is 0 Å². The van der Waals surface area contributed by atoms with Gasteiger partial charge in [-0.2, -0.15) is 0 Å². The van der Waals surface area contributed by atoms with Gasteiger partial charge in [0.05, 0.1) is 0 Å². The summed E-state index contributed by atoms with van der Waals surface area (Å²) in [5.41, 5.74) is 0. The Morgan fingerprint density at radius 2 is 2.10 bits per heavy atom. The van der Waals surface area contributed by atoms with Crippen molar-refractivity contribution in [1.29, 1.82) is 0 Å². The van der Waals surface area contributed by atoms with Gasteiger partial charge in [0.25, 0.3) is 0 Å². The number of aliphatic hydroxyl groups excluding tert-OH is 1. The van der Waals surface area contributed by atoms with E-state index in [1.165, 1.54) is 0 Å². The smallest absolute Gasteiger partial charge is 0.107 e. The summed E-state index contributed by atoms with van der Waals surface area (Å²) < 4.78 is 0. The van der Waals surface area contributed by atoms with Gasteiger partial charge in [-0.3, -0.25) is 4.90 Å². The van der Waals surface area contributed by atoms with Crippen LogP contribution in [0.15, 0.2) is 0 Å². The average Bonchev–Trinajstić information content (AvgIpc) is 2.05. The first-order valence-corrected chi connectivity index (χ1v) is 3.97. The highest BCUT2D eigenvalue weighted by Crippen LogP contribution is 2.00. The molecule has 60 valence electrons. The minimum absolute atomic E-state index is 0.220. The summed E-state index contributed by atoms with van der Waals surface area (Å²) in [7, 11) is 0. The lowest BCUT2D eigenvalue weighted by Gasteiger charge is -2.30. The normalized spacial score (nSPS) is 24.6. The predicted molar refractivity (Wildman–Crippen MR) is 40.7 cm³/mol. The molecule has 0 bridgehead atoms. The Labute approximate surface area is 62.0 Å². The SMILES string of the molecule is CC[C@H](O)N1CCNCC1. The second kappa shape index (κ2) is 3.91. The van der Waals surface area contributed by atoms with Crippen LogP contribution in [0.4, 0.5) is 0 Å². The van der Waals surface area contributed by atoms with Crippen LogP contribution in [0.2, 0.25) is 0 Å². The van der Waals surface area contributed by atoms with E-state index < -0.39 is 0 Å². The molecule has 0 unspecified atom stereocenters. The quantitative estimate of drug-likeness (QED) is 0.554. The minimum Gasteiger partial charge on any atom is -0.378 e. The molecule has 0 spiro atoms. The standard InChI is InChI=1S/C7H16N2O/c1-2-7(10)9-5-3-8-4-6-9/h7-8,10H,2-6H2,1H3/t7-/m0/s1. The zero-order valence-corrected chi connectivity index (χ0v) is 6.51. The Balaban J connectivity index is 2.24. The van der Waals surface area contributed by atoms with Gasteiger partial charge in [0.2, 0.25) is 0 Å². The van der Waals surface area contributed by atoms with Crippen molar-refractivity contribution < 1.29 is 5.11 Å². The van der Waals surface area contributed by atoms with E-state index in [9.17, 15) is 5.11 Å². The van der Waals surface area contributed by atoms with E-state index in [1.54, 1.807) is 0 Å². The molecule has 2 N–H and O–H groups in total. The summed E-state index contributed by atoms with van der Waals surface area (Å²) in [5.74, 6) is 0. The number of hydrogen-bond donors (Lipinski definition) is 2. The highest BCUT2D eigenvalue weighted by molar-refractivity contribution is 4.68. The van der Waals surface area contributed by atoms with Crippen LogP contribution in [0.25, 0.3) is 0 Å². The van der Waals surface area contributed by atoms with Crippen molar-refractivity contribution in [2.24, 2.45) is 0 Å². The molecule has 0 amide bonds. The Morgan fingerprint density at radius 3 is 2.60 bits per heavy atom. The molecule has 0 saturated carbocycles. The lowest BCUT2D eigenvalue weighted by atomic mass is 10.3. The molecular weight excluding hydrogens is 128 g/mol. The molecule has 1 rings (SSSR count). The second-order valence-corrected chi connectivity index (χ2v) is 2.67. The fraction of sp³-hybridized carbons (Fsp3) is 1.00. The fourth-order valence-corrected chi connectivity index (χ4v) is 1.24. The van der Waals surface area contributed by atoms with Gasteiger partial charge >= 0.3 is 0 Å². The van der Waals surface area contributed by atoms with Crippen molar-refractivity contribution in [2.45, 2.75) is 19.6 Å². The summed E-state index contributed by atoms with van der Waals surface area (Å²) in [6.45, 7) is 5.99. The summed E-state index contributed by atoms with van der Waals surface area (Å²) in [4.78, 5) is 2.11. The molecule has 3 nitrogen and oxygen atoms in total. The Bertz CT molecular complexity index is 91.6. The zero-order chi connectivity index (χ0) is 7.40. The van der Waals surface area contributed by atoms with Gasteiger partial charge in [-0.1, -0.05) is 6.92 Å². The van der Waals surface area contributed by atoms with Crippen molar-refractivity contribution in [3.05, 3.63) is 0 Å². The fourth-order valence-electron chi connectivity index (χ4n) is 1.24. The number of rotatable bonds is 2. The maximum Gasteiger partial charge on any atom is 0.107 e. The van der Waals surface area contributed by atoms with Gasteiger partial charge in [-0.05, 0) is 6.42 Å². The molecule has 1 fully saturated rings. The minimum atomic E-state index is -0.220. The van der Waals surface area contributed by atoms with Crippen molar-refractivity contribution in [1.82, 2.24) is 10.2 Å². The predicted octanol–water partition coefficient (Wildman–Crippen LogP) is -0.380. The molecule has 1 heterocycles. The maximum atomic E-state index is 9.38. The van der Waals surface area contributed by atoms with Gasteiger partial charge in [-0.15, -0.1) is 0 Å². The van der Waals surface area contributed by atoms with Crippen LogP contribution in [-0.2, 0) is 0 Å². The topological polar surface area (TPSA) is 35.5 Å². The number of nitrogens with zero attached hydrogens (tertiary/aromatic N) is 1. The summed E-state index contributed by atoms with van der Waals surface area (Å²) in [5, 5.41) is 12.6. The van der Waals surface area contributed by atoms with Crippen molar-refractivity contribution in [2.75, 3.05) is 26.2 Å². The van der Waals surface area contributed by atoms with Crippen LogP contribution in [0.1, 0.15) is 13.3 Å². The van der Waals surface area contributed by atoms with Crippen molar-refractivity contribution in [3.8, 4) is 0 Å². The molecule has 1 aliphatic heterocycles. The lowest BCUT2D eigenvalue weighted by molar-refractivity contribution is -0.00563. The largest absolute Gasteiger partial charge is 0.378 e. The summed E-state index contributed by atoms with van der Waals surface area (Å²) >= 11 is 0. The first kappa shape index (κ1) is 7.98. The van der Waals surface area contributed by atoms with Crippen molar-refractivity contribution >= 4 is 0 Å². The molecule has 0 aliphatic carbocycles. The van der Waals surface area contributed by atoms with E-state index in [-0.39, 0.29) is 6.23 Å². The second-order valence-electron chi connectivity index (χ2n) is 2.67. The van der Waals surface area contributed by atoms with Crippen LogP contribution >= 0.6 is 0 Å². The van der Waals surface area contributed by atoms with E-state index in [0.29, 0.717) is 0 Å². The van der Waals surface area contributed by atoms with Gasteiger partial charge in [-0.25, -0.2) is 0 Å². The van der Waals surface area contributed by atoms with Crippen LogP contribution in [-0.4, -0.2) is 42.4 Å².